The molecular formula is C14H18N4O. The van der Waals surface area contributed by atoms with Crippen molar-refractivity contribution in [2.24, 2.45) is 5.73 Å². The van der Waals surface area contributed by atoms with Crippen LogP contribution in [0.5, 0.6) is 5.75 Å². The SMILES string of the molecule is CCOc1ccc(Nc2ccc(C)nn2)cc1CN. The maximum atomic E-state index is 5.73. The molecule has 0 amide bonds. The van der Waals surface area contributed by atoms with E-state index >= 15 is 0 Å². The molecule has 0 radical (unpaired) electrons. The van der Waals surface area contributed by atoms with E-state index in [1.165, 1.54) is 0 Å². The molecule has 0 spiro atoms. The summed E-state index contributed by atoms with van der Waals surface area (Å²) in [5, 5.41) is 11.3. The van der Waals surface area contributed by atoms with Gasteiger partial charge in [0.25, 0.3) is 0 Å². The van der Waals surface area contributed by atoms with Gasteiger partial charge in [0.15, 0.2) is 5.82 Å². The van der Waals surface area contributed by atoms with Crippen molar-refractivity contribution < 1.29 is 4.74 Å². The summed E-state index contributed by atoms with van der Waals surface area (Å²) in [6, 6.07) is 9.61. The lowest BCUT2D eigenvalue weighted by Gasteiger charge is -2.11. The number of anilines is 2. The number of ether oxygens (including phenoxy) is 1. The van der Waals surface area contributed by atoms with Crippen molar-refractivity contribution >= 4 is 11.5 Å². The average molecular weight is 258 g/mol. The fourth-order valence-electron chi connectivity index (χ4n) is 1.73. The molecule has 5 nitrogen and oxygen atoms in total. The lowest BCUT2D eigenvalue weighted by atomic mass is 10.1. The fourth-order valence-corrected chi connectivity index (χ4v) is 1.73. The number of rotatable bonds is 5. The highest BCUT2D eigenvalue weighted by Crippen LogP contribution is 2.24. The number of aryl methyl sites for hydroxylation is 1. The maximum Gasteiger partial charge on any atom is 0.153 e. The molecule has 0 bridgehead atoms. The molecule has 0 aliphatic carbocycles. The lowest BCUT2D eigenvalue weighted by Crippen LogP contribution is -2.03. The van der Waals surface area contributed by atoms with Gasteiger partial charge in [-0.05, 0) is 44.2 Å². The third-order valence-corrected chi connectivity index (χ3v) is 2.65. The summed E-state index contributed by atoms with van der Waals surface area (Å²) >= 11 is 0. The quantitative estimate of drug-likeness (QED) is 0.861. The highest BCUT2D eigenvalue weighted by molar-refractivity contribution is 5.59. The number of nitrogens with two attached hydrogens (primary N) is 1. The van der Waals surface area contributed by atoms with Crippen LogP contribution in [0.15, 0.2) is 30.3 Å². The Labute approximate surface area is 112 Å². The number of nitrogens with one attached hydrogen (secondary N) is 1. The van der Waals surface area contributed by atoms with Gasteiger partial charge in [-0.25, -0.2) is 0 Å². The topological polar surface area (TPSA) is 73.1 Å². The Morgan fingerprint density at radius 2 is 2.05 bits per heavy atom. The summed E-state index contributed by atoms with van der Waals surface area (Å²) in [7, 11) is 0. The molecule has 100 valence electrons. The van der Waals surface area contributed by atoms with Crippen LogP contribution in [-0.4, -0.2) is 16.8 Å². The van der Waals surface area contributed by atoms with E-state index in [2.05, 4.69) is 15.5 Å². The van der Waals surface area contributed by atoms with Crippen molar-refractivity contribution in [2.75, 3.05) is 11.9 Å². The molecule has 0 aliphatic heterocycles. The second-order valence-corrected chi connectivity index (χ2v) is 4.14. The Bertz CT molecular complexity index is 540. The molecule has 5 heteroatoms. The van der Waals surface area contributed by atoms with Gasteiger partial charge in [0.05, 0.1) is 12.3 Å². The molecule has 0 fully saturated rings. The lowest BCUT2D eigenvalue weighted by molar-refractivity contribution is 0.336. The summed E-state index contributed by atoms with van der Waals surface area (Å²) in [6.07, 6.45) is 0. The van der Waals surface area contributed by atoms with Gasteiger partial charge >= 0.3 is 0 Å². The van der Waals surface area contributed by atoms with Crippen molar-refractivity contribution in [3.8, 4) is 5.75 Å². The van der Waals surface area contributed by atoms with Gasteiger partial charge in [0.2, 0.25) is 0 Å². The van der Waals surface area contributed by atoms with Crippen molar-refractivity contribution in [3.63, 3.8) is 0 Å². The zero-order valence-corrected chi connectivity index (χ0v) is 11.2. The van der Waals surface area contributed by atoms with Crippen LogP contribution in [0.2, 0.25) is 0 Å². The Balaban J connectivity index is 2.18. The van der Waals surface area contributed by atoms with E-state index in [0.29, 0.717) is 19.0 Å². The van der Waals surface area contributed by atoms with E-state index in [1.54, 1.807) is 0 Å². The first kappa shape index (κ1) is 13.3. The maximum absolute atomic E-state index is 5.73. The minimum Gasteiger partial charge on any atom is -0.494 e. The Kier molecular flexibility index (Phi) is 4.30. The van der Waals surface area contributed by atoms with Crippen LogP contribution in [-0.2, 0) is 6.54 Å². The van der Waals surface area contributed by atoms with Gasteiger partial charge in [-0.15, -0.1) is 5.10 Å². The van der Waals surface area contributed by atoms with Crippen molar-refractivity contribution in [1.29, 1.82) is 0 Å². The zero-order valence-electron chi connectivity index (χ0n) is 11.2. The van der Waals surface area contributed by atoms with Crippen LogP contribution in [0, 0.1) is 6.92 Å². The second-order valence-electron chi connectivity index (χ2n) is 4.14. The molecule has 0 unspecified atom stereocenters. The van der Waals surface area contributed by atoms with Crippen molar-refractivity contribution in [3.05, 3.63) is 41.6 Å². The Morgan fingerprint density at radius 3 is 2.68 bits per heavy atom. The van der Waals surface area contributed by atoms with E-state index in [1.807, 2.05) is 44.2 Å². The molecule has 1 heterocycles. The first-order chi connectivity index (χ1) is 9.22. The molecular weight excluding hydrogens is 240 g/mol. The third kappa shape index (κ3) is 3.42. The van der Waals surface area contributed by atoms with Crippen LogP contribution in [0.4, 0.5) is 11.5 Å². The average Bonchev–Trinajstić information content (AvgIpc) is 2.43. The minimum atomic E-state index is 0.435. The summed E-state index contributed by atoms with van der Waals surface area (Å²) in [5.41, 5.74) is 8.50. The van der Waals surface area contributed by atoms with Gasteiger partial charge in [0.1, 0.15) is 5.75 Å². The molecule has 2 aromatic rings. The first-order valence-electron chi connectivity index (χ1n) is 6.26. The van der Waals surface area contributed by atoms with E-state index in [4.69, 9.17) is 10.5 Å². The molecule has 0 aliphatic rings. The molecule has 19 heavy (non-hydrogen) atoms. The Morgan fingerprint density at radius 1 is 1.21 bits per heavy atom. The first-order valence-corrected chi connectivity index (χ1v) is 6.26. The predicted octanol–water partition coefficient (Wildman–Crippen LogP) is 2.39. The van der Waals surface area contributed by atoms with Crippen LogP contribution in [0.1, 0.15) is 18.2 Å². The van der Waals surface area contributed by atoms with Crippen LogP contribution in [0.3, 0.4) is 0 Å². The van der Waals surface area contributed by atoms with Crippen LogP contribution < -0.4 is 15.8 Å². The monoisotopic (exact) mass is 258 g/mol. The number of aromatic nitrogens is 2. The Hall–Kier alpha value is -2.14. The molecule has 2 rings (SSSR count). The highest BCUT2D eigenvalue weighted by Gasteiger charge is 2.04. The van der Waals surface area contributed by atoms with Crippen LogP contribution in [0.25, 0.3) is 0 Å². The standard InChI is InChI=1S/C14H18N4O/c1-3-19-13-6-5-12(8-11(13)9-15)16-14-7-4-10(2)17-18-14/h4-8H,3,9,15H2,1-2H3,(H,16,18). The van der Waals surface area contributed by atoms with E-state index in [0.717, 1.165) is 22.7 Å². The van der Waals surface area contributed by atoms with Gasteiger partial charge < -0.3 is 15.8 Å². The predicted molar refractivity (Wildman–Crippen MR) is 75.6 cm³/mol. The minimum absolute atomic E-state index is 0.435. The summed E-state index contributed by atoms with van der Waals surface area (Å²) in [5.74, 6) is 1.53. The van der Waals surface area contributed by atoms with E-state index in [9.17, 15) is 0 Å². The second kappa shape index (κ2) is 6.15. The van der Waals surface area contributed by atoms with Gasteiger partial charge in [-0.3, -0.25) is 0 Å². The third-order valence-electron chi connectivity index (χ3n) is 2.65. The fraction of sp³-hybridized carbons (Fsp3) is 0.286. The zero-order chi connectivity index (χ0) is 13.7. The van der Waals surface area contributed by atoms with E-state index in [-0.39, 0.29) is 0 Å². The summed E-state index contributed by atoms with van der Waals surface area (Å²) in [4.78, 5) is 0. The molecule has 3 N–H and O–H groups in total. The molecule has 1 aromatic heterocycles. The van der Waals surface area contributed by atoms with E-state index < -0.39 is 0 Å². The van der Waals surface area contributed by atoms with Gasteiger partial charge in [-0.2, -0.15) is 5.10 Å². The normalized spacial score (nSPS) is 10.3. The summed E-state index contributed by atoms with van der Waals surface area (Å²) < 4.78 is 5.51. The van der Waals surface area contributed by atoms with Gasteiger partial charge in [0, 0.05) is 17.8 Å². The highest BCUT2D eigenvalue weighted by atomic mass is 16.5. The number of hydrogen-bond donors (Lipinski definition) is 2. The van der Waals surface area contributed by atoms with Crippen molar-refractivity contribution in [1.82, 2.24) is 10.2 Å². The van der Waals surface area contributed by atoms with Crippen LogP contribution >= 0.6 is 0 Å². The number of benzene rings is 1. The van der Waals surface area contributed by atoms with Crippen molar-refractivity contribution in [2.45, 2.75) is 20.4 Å². The molecule has 0 saturated carbocycles. The number of hydrogen-bond acceptors (Lipinski definition) is 5. The summed E-state index contributed by atoms with van der Waals surface area (Å²) in [6.45, 7) is 4.92. The molecule has 0 saturated heterocycles. The number of nitrogens with zero attached hydrogens (tertiary/aromatic N) is 2. The largest absolute Gasteiger partial charge is 0.494 e. The van der Waals surface area contributed by atoms with Gasteiger partial charge in [-0.1, -0.05) is 0 Å². The molecule has 0 atom stereocenters. The molecule has 1 aromatic carbocycles. The smallest absolute Gasteiger partial charge is 0.153 e.